The van der Waals surface area contributed by atoms with E-state index in [9.17, 15) is 9.18 Å². The van der Waals surface area contributed by atoms with Crippen molar-refractivity contribution >= 4 is 6.29 Å². The first kappa shape index (κ1) is 13.1. The highest BCUT2D eigenvalue weighted by Crippen LogP contribution is 2.23. The van der Waals surface area contributed by atoms with Gasteiger partial charge in [0.1, 0.15) is 12.1 Å². The summed E-state index contributed by atoms with van der Waals surface area (Å²) >= 11 is 0. The molecular formula is C17H11FN2O. The van der Waals surface area contributed by atoms with Crippen LogP contribution in [0, 0.1) is 5.82 Å². The van der Waals surface area contributed by atoms with Gasteiger partial charge in [-0.25, -0.2) is 14.4 Å². The van der Waals surface area contributed by atoms with Crippen molar-refractivity contribution in [1.29, 1.82) is 0 Å². The summed E-state index contributed by atoms with van der Waals surface area (Å²) in [7, 11) is 0. The fourth-order valence-electron chi connectivity index (χ4n) is 2.03. The van der Waals surface area contributed by atoms with Gasteiger partial charge in [-0.3, -0.25) is 4.79 Å². The molecule has 0 aliphatic heterocycles. The molecule has 0 amide bonds. The Bertz CT molecular complexity index is 785. The summed E-state index contributed by atoms with van der Waals surface area (Å²) in [5, 5.41) is 0. The zero-order chi connectivity index (χ0) is 14.7. The molecule has 21 heavy (non-hydrogen) atoms. The van der Waals surface area contributed by atoms with Crippen LogP contribution in [0.3, 0.4) is 0 Å². The first-order chi connectivity index (χ1) is 10.3. The highest BCUT2D eigenvalue weighted by molar-refractivity contribution is 5.76. The highest BCUT2D eigenvalue weighted by Gasteiger charge is 2.08. The summed E-state index contributed by atoms with van der Waals surface area (Å²) in [4.78, 5) is 19.2. The Morgan fingerprint density at radius 3 is 2.43 bits per heavy atom. The minimum absolute atomic E-state index is 0.321. The van der Waals surface area contributed by atoms with Crippen molar-refractivity contribution in [3.8, 4) is 22.6 Å². The van der Waals surface area contributed by atoms with Crippen LogP contribution >= 0.6 is 0 Å². The minimum atomic E-state index is -0.321. The molecule has 0 bridgehead atoms. The summed E-state index contributed by atoms with van der Waals surface area (Å²) < 4.78 is 13.8. The molecule has 0 atom stereocenters. The molecule has 0 saturated carbocycles. The molecule has 0 radical (unpaired) electrons. The van der Waals surface area contributed by atoms with Crippen molar-refractivity contribution in [3.05, 3.63) is 72.2 Å². The average molecular weight is 278 g/mol. The standard InChI is InChI=1S/C17H11FN2O/c18-15-4-2-1-3-14(15)16-9-10-19-17(20-16)13-7-5-12(11-21)6-8-13/h1-11H. The molecule has 102 valence electrons. The monoisotopic (exact) mass is 278 g/mol. The summed E-state index contributed by atoms with van der Waals surface area (Å²) in [6, 6.07) is 15.1. The minimum Gasteiger partial charge on any atom is -0.298 e. The zero-order valence-corrected chi connectivity index (χ0v) is 11.0. The highest BCUT2D eigenvalue weighted by atomic mass is 19.1. The van der Waals surface area contributed by atoms with Crippen LogP contribution in [0.1, 0.15) is 10.4 Å². The molecule has 3 aromatic rings. The van der Waals surface area contributed by atoms with Gasteiger partial charge in [-0.05, 0) is 18.2 Å². The van der Waals surface area contributed by atoms with Crippen LogP contribution in [0.25, 0.3) is 22.6 Å². The number of aldehydes is 1. The van der Waals surface area contributed by atoms with Crippen LogP contribution in [0.5, 0.6) is 0 Å². The third-order valence-electron chi connectivity index (χ3n) is 3.11. The topological polar surface area (TPSA) is 42.9 Å². The van der Waals surface area contributed by atoms with Gasteiger partial charge in [0.05, 0.1) is 5.69 Å². The number of hydrogen-bond donors (Lipinski definition) is 0. The smallest absolute Gasteiger partial charge is 0.159 e. The van der Waals surface area contributed by atoms with Gasteiger partial charge in [-0.15, -0.1) is 0 Å². The number of nitrogens with zero attached hydrogens (tertiary/aromatic N) is 2. The van der Waals surface area contributed by atoms with Gasteiger partial charge in [-0.1, -0.05) is 36.4 Å². The van der Waals surface area contributed by atoms with Crippen molar-refractivity contribution in [1.82, 2.24) is 9.97 Å². The van der Waals surface area contributed by atoms with Crippen LogP contribution in [0.4, 0.5) is 4.39 Å². The maximum absolute atomic E-state index is 13.8. The summed E-state index contributed by atoms with van der Waals surface area (Å²) in [5.41, 5.74) is 2.33. The SMILES string of the molecule is O=Cc1ccc(-c2nccc(-c3ccccc3F)n2)cc1. The lowest BCUT2D eigenvalue weighted by atomic mass is 10.1. The molecule has 3 rings (SSSR count). The van der Waals surface area contributed by atoms with Gasteiger partial charge in [0.25, 0.3) is 0 Å². The van der Waals surface area contributed by atoms with E-state index in [1.807, 2.05) is 0 Å². The van der Waals surface area contributed by atoms with Crippen molar-refractivity contribution < 1.29 is 9.18 Å². The third kappa shape index (κ3) is 2.69. The molecule has 1 aromatic heterocycles. The molecule has 0 spiro atoms. The van der Waals surface area contributed by atoms with Crippen LogP contribution in [0.2, 0.25) is 0 Å². The quantitative estimate of drug-likeness (QED) is 0.685. The van der Waals surface area contributed by atoms with Gasteiger partial charge >= 0.3 is 0 Å². The zero-order valence-electron chi connectivity index (χ0n) is 11.0. The number of rotatable bonds is 3. The molecule has 0 saturated heterocycles. The van der Waals surface area contributed by atoms with E-state index in [1.165, 1.54) is 6.07 Å². The summed E-state index contributed by atoms with van der Waals surface area (Å²) in [6.07, 6.45) is 2.37. The van der Waals surface area contributed by atoms with Crippen molar-refractivity contribution in [2.24, 2.45) is 0 Å². The van der Waals surface area contributed by atoms with Gasteiger partial charge in [0.15, 0.2) is 5.82 Å². The molecule has 1 heterocycles. The van der Waals surface area contributed by atoms with Gasteiger partial charge in [-0.2, -0.15) is 0 Å². The predicted octanol–water partition coefficient (Wildman–Crippen LogP) is 3.76. The van der Waals surface area contributed by atoms with E-state index in [4.69, 9.17) is 0 Å². The fourth-order valence-corrected chi connectivity index (χ4v) is 2.03. The average Bonchev–Trinajstić information content (AvgIpc) is 2.55. The molecule has 2 aromatic carbocycles. The largest absolute Gasteiger partial charge is 0.298 e. The van der Waals surface area contributed by atoms with E-state index in [-0.39, 0.29) is 5.82 Å². The van der Waals surface area contributed by atoms with Gasteiger partial charge in [0, 0.05) is 22.9 Å². The number of carbonyl (C=O) groups excluding carboxylic acids is 1. The third-order valence-corrected chi connectivity index (χ3v) is 3.11. The number of halogens is 1. The lowest BCUT2D eigenvalue weighted by Gasteiger charge is -2.05. The maximum Gasteiger partial charge on any atom is 0.159 e. The lowest BCUT2D eigenvalue weighted by molar-refractivity contribution is 0.112. The Labute approximate surface area is 121 Å². The normalized spacial score (nSPS) is 10.3. The van der Waals surface area contributed by atoms with E-state index < -0.39 is 0 Å². The Morgan fingerprint density at radius 2 is 1.71 bits per heavy atom. The Hall–Kier alpha value is -2.88. The van der Waals surface area contributed by atoms with Crippen molar-refractivity contribution in [2.45, 2.75) is 0 Å². The molecule has 0 aliphatic carbocycles. The molecule has 0 fully saturated rings. The van der Waals surface area contributed by atoms with E-state index in [0.29, 0.717) is 22.6 Å². The van der Waals surface area contributed by atoms with Crippen molar-refractivity contribution in [3.63, 3.8) is 0 Å². The van der Waals surface area contributed by atoms with Crippen molar-refractivity contribution in [2.75, 3.05) is 0 Å². The van der Waals surface area contributed by atoms with Crippen LogP contribution in [0.15, 0.2) is 60.8 Å². The second kappa shape index (κ2) is 5.63. The second-order valence-corrected chi connectivity index (χ2v) is 4.49. The Morgan fingerprint density at radius 1 is 0.952 bits per heavy atom. The molecular weight excluding hydrogens is 267 g/mol. The summed E-state index contributed by atoms with van der Waals surface area (Å²) in [5.74, 6) is 0.173. The number of carbonyl (C=O) groups is 1. The fraction of sp³-hybridized carbons (Fsp3) is 0. The maximum atomic E-state index is 13.8. The first-order valence-electron chi connectivity index (χ1n) is 6.41. The molecule has 0 N–H and O–H groups in total. The number of benzene rings is 2. The van der Waals surface area contributed by atoms with Crippen LogP contribution in [-0.4, -0.2) is 16.3 Å². The van der Waals surface area contributed by atoms with E-state index in [0.717, 1.165) is 11.8 Å². The van der Waals surface area contributed by atoms with Crippen LogP contribution < -0.4 is 0 Å². The Balaban J connectivity index is 2.03. The van der Waals surface area contributed by atoms with E-state index in [1.54, 1.807) is 54.7 Å². The van der Waals surface area contributed by atoms with E-state index >= 15 is 0 Å². The second-order valence-electron chi connectivity index (χ2n) is 4.49. The Kier molecular flexibility index (Phi) is 3.51. The number of aromatic nitrogens is 2. The predicted molar refractivity (Wildman–Crippen MR) is 78.2 cm³/mol. The molecule has 3 nitrogen and oxygen atoms in total. The number of hydrogen-bond acceptors (Lipinski definition) is 3. The van der Waals surface area contributed by atoms with Gasteiger partial charge < -0.3 is 0 Å². The summed E-state index contributed by atoms with van der Waals surface area (Å²) in [6.45, 7) is 0. The molecule has 0 unspecified atom stereocenters. The molecule has 4 heteroatoms. The van der Waals surface area contributed by atoms with E-state index in [2.05, 4.69) is 9.97 Å². The van der Waals surface area contributed by atoms with Gasteiger partial charge in [0.2, 0.25) is 0 Å². The van der Waals surface area contributed by atoms with Crippen LogP contribution in [-0.2, 0) is 0 Å². The molecule has 0 aliphatic rings. The first-order valence-corrected chi connectivity index (χ1v) is 6.41. The lowest BCUT2D eigenvalue weighted by Crippen LogP contribution is -1.93.